The van der Waals surface area contributed by atoms with Crippen molar-refractivity contribution in [3.05, 3.63) is 41.4 Å². The Kier molecular flexibility index (Phi) is 5.36. The molecule has 0 amide bonds. The molecule has 0 aliphatic heterocycles. The van der Waals surface area contributed by atoms with Crippen LogP contribution in [0.3, 0.4) is 0 Å². The summed E-state index contributed by atoms with van der Waals surface area (Å²) in [6.45, 7) is 6.00. The van der Waals surface area contributed by atoms with Crippen LogP contribution in [-0.2, 0) is 6.42 Å². The second kappa shape index (κ2) is 6.56. The molecule has 0 aliphatic carbocycles. The van der Waals surface area contributed by atoms with Crippen molar-refractivity contribution in [2.75, 3.05) is 6.61 Å². The highest BCUT2D eigenvalue weighted by atomic mass is 35.5. The molecule has 0 fully saturated rings. The van der Waals surface area contributed by atoms with Gasteiger partial charge in [0.05, 0.1) is 0 Å². The molecule has 0 heterocycles. The van der Waals surface area contributed by atoms with Gasteiger partial charge >= 0.3 is 0 Å². The molecule has 1 unspecified atom stereocenters. The van der Waals surface area contributed by atoms with E-state index in [9.17, 15) is 0 Å². The number of benzene rings is 1. The molecule has 16 heavy (non-hydrogen) atoms. The van der Waals surface area contributed by atoms with Crippen molar-refractivity contribution in [1.29, 1.82) is 0 Å². The van der Waals surface area contributed by atoms with Gasteiger partial charge in [-0.2, -0.15) is 0 Å². The van der Waals surface area contributed by atoms with Gasteiger partial charge < -0.3 is 10.5 Å². The highest BCUT2D eigenvalue weighted by Crippen LogP contribution is 2.16. The summed E-state index contributed by atoms with van der Waals surface area (Å²) in [6, 6.07) is 8.12. The zero-order chi connectivity index (χ0) is 12.0. The molecule has 0 bridgehead atoms. The molecule has 2 nitrogen and oxygen atoms in total. The summed E-state index contributed by atoms with van der Waals surface area (Å²) < 4.78 is 5.45. The lowest BCUT2D eigenvalue weighted by atomic mass is 10.0. The van der Waals surface area contributed by atoms with Crippen LogP contribution in [0.15, 0.2) is 35.9 Å². The Bertz CT molecular complexity index is 352. The van der Waals surface area contributed by atoms with Crippen molar-refractivity contribution in [2.24, 2.45) is 5.73 Å². The van der Waals surface area contributed by atoms with Gasteiger partial charge in [0.2, 0.25) is 0 Å². The van der Waals surface area contributed by atoms with Gasteiger partial charge in [-0.1, -0.05) is 37.2 Å². The molecule has 1 aromatic carbocycles. The highest BCUT2D eigenvalue weighted by Gasteiger charge is 2.02. The van der Waals surface area contributed by atoms with Crippen LogP contribution in [0.1, 0.15) is 18.9 Å². The fourth-order valence-corrected chi connectivity index (χ4v) is 1.43. The lowest BCUT2D eigenvalue weighted by Gasteiger charge is -2.10. The Morgan fingerprint density at radius 1 is 1.56 bits per heavy atom. The van der Waals surface area contributed by atoms with Crippen molar-refractivity contribution < 1.29 is 4.74 Å². The summed E-state index contributed by atoms with van der Waals surface area (Å²) >= 11 is 5.63. The molecule has 0 saturated carbocycles. The summed E-state index contributed by atoms with van der Waals surface area (Å²) in [7, 11) is 0. The zero-order valence-corrected chi connectivity index (χ0v) is 10.3. The first kappa shape index (κ1) is 13.1. The maximum Gasteiger partial charge on any atom is 0.123 e. The molecule has 0 aromatic heterocycles. The maximum atomic E-state index is 5.90. The van der Waals surface area contributed by atoms with Crippen molar-refractivity contribution in [3.63, 3.8) is 0 Å². The first-order valence-electron chi connectivity index (χ1n) is 5.42. The summed E-state index contributed by atoms with van der Waals surface area (Å²) in [5, 5.41) is 0.496. The van der Waals surface area contributed by atoms with Crippen molar-refractivity contribution in [1.82, 2.24) is 0 Å². The van der Waals surface area contributed by atoms with Crippen LogP contribution in [0.25, 0.3) is 0 Å². The lowest BCUT2D eigenvalue weighted by molar-refractivity contribution is 0.359. The standard InChI is InChI=1S/C13H18ClNO/c1-3-12(15)7-11-5-4-6-13(8-11)16-9-10(2)14/h4-6,8,12H,2-3,7,9,15H2,1H3. The Morgan fingerprint density at radius 2 is 2.31 bits per heavy atom. The lowest BCUT2D eigenvalue weighted by Crippen LogP contribution is -2.21. The van der Waals surface area contributed by atoms with Crippen LogP contribution in [0, 0.1) is 0 Å². The molecule has 3 heteroatoms. The molecular formula is C13H18ClNO. The van der Waals surface area contributed by atoms with E-state index >= 15 is 0 Å². The van der Waals surface area contributed by atoms with Gasteiger partial charge in [0.25, 0.3) is 0 Å². The first-order valence-corrected chi connectivity index (χ1v) is 5.80. The smallest absolute Gasteiger partial charge is 0.123 e. The molecule has 88 valence electrons. The van der Waals surface area contributed by atoms with E-state index < -0.39 is 0 Å². The molecule has 1 aromatic rings. The molecular weight excluding hydrogens is 222 g/mol. The molecule has 0 spiro atoms. The number of hydrogen-bond acceptors (Lipinski definition) is 2. The maximum absolute atomic E-state index is 5.90. The van der Waals surface area contributed by atoms with E-state index in [2.05, 4.69) is 19.6 Å². The number of halogens is 1. The molecule has 0 radical (unpaired) electrons. The van der Waals surface area contributed by atoms with Crippen LogP contribution in [-0.4, -0.2) is 12.6 Å². The Balaban J connectivity index is 2.60. The van der Waals surface area contributed by atoms with Gasteiger partial charge in [0.1, 0.15) is 12.4 Å². The summed E-state index contributed by atoms with van der Waals surface area (Å²) in [4.78, 5) is 0. The third kappa shape index (κ3) is 4.69. The van der Waals surface area contributed by atoms with E-state index in [0.717, 1.165) is 18.6 Å². The van der Waals surface area contributed by atoms with Crippen molar-refractivity contribution in [3.8, 4) is 5.75 Å². The number of nitrogens with two attached hydrogens (primary N) is 1. The highest BCUT2D eigenvalue weighted by molar-refractivity contribution is 6.29. The summed E-state index contributed by atoms with van der Waals surface area (Å²) in [5.74, 6) is 0.808. The number of ether oxygens (including phenoxy) is 1. The fraction of sp³-hybridized carbons (Fsp3) is 0.385. The predicted octanol–water partition coefficient (Wildman–Crippen LogP) is 3.10. The van der Waals surface area contributed by atoms with E-state index in [1.807, 2.05) is 18.2 Å². The predicted molar refractivity (Wildman–Crippen MR) is 68.9 cm³/mol. The molecule has 0 aliphatic rings. The fourth-order valence-electron chi connectivity index (χ4n) is 1.37. The van der Waals surface area contributed by atoms with E-state index in [1.165, 1.54) is 5.56 Å². The van der Waals surface area contributed by atoms with E-state index in [4.69, 9.17) is 22.1 Å². The SMILES string of the molecule is C=C(Cl)COc1cccc(CC(N)CC)c1. The largest absolute Gasteiger partial charge is 0.488 e. The van der Waals surface area contributed by atoms with Gasteiger partial charge in [-0.15, -0.1) is 0 Å². The van der Waals surface area contributed by atoms with Crippen LogP contribution < -0.4 is 10.5 Å². The molecule has 2 N–H and O–H groups in total. The number of hydrogen-bond donors (Lipinski definition) is 1. The van der Waals surface area contributed by atoms with Crippen LogP contribution >= 0.6 is 11.6 Å². The van der Waals surface area contributed by atoms with Gasteiger partial charge in [-0.05, 0) is 30.5 Å². The second-order valence-corrected chi connectivity index (χ2v) is 4.36. The Labute approximate surface area is 102 Å². The average molecular weight is 240 g/mol. The quantitative estimate of drug-likeness (QED) is 0.828. The Hall–Kier alpha value is -0.990. The minimum Gasteiger partial charge on any atom is -0.488 e. The van der Waals surface area contributed by atoms with Crippen LogP contribution in [0.2, 0.25) is 0 Å². The van der Waals surface area contributed by atoms with Gasteiger partial charge in [0, 0.05) is 11.1 Å². The van der Waals surface area contributed by atoms with Gasteiger partial charge in [-0.25, -0.2) is 0 Å². The molecule has 1 rings (SSSR count). The number of rotatable bonds is 6. The Morgan fingerprint density at radius 3 is 2.94 bits per heavy atom. The van der Waals surface area contributed by atoms with Gasteiger partial charge in [0.15, 0.2) is 0 Å². The monoisotopic (exact) mass is 239 g/mol. The summed E-state index contributed by atoms with van der Waals surface area (Å²) in [6.07, 6.45) is 1.85. The summed E-state index contributed by atoms with van der Waals surface area (Å²) in [5.41, 5.74) is 7.09. The normalized spacial score (nSPS) is 12.2. The van der Waals surface area contributed by atoms with E-state index in [1.54, 1.807) is 0 Å². The first-order chi connectivity index (χ1) is 7.61. The van der Waals surface area contributed by atoms with E-state index in [0.29, 0.717) is 11.6 Å². The van der Waals surface area contributed by atoms with Gasteiger partial charge in [-0.3, -0.25) is 0 Å². The van der Waals surface area contributed by atoms with Crippen LogP contribution in [0.4, 0.5) is 0 Å². The molecule has 0 saturated heterocycles. The molecule has 1 atom stereocenters. The second-order valence-electron chi connectivity index (χ2n) is 3.83. The third-order valence-electron chi connectivity index (χ3n) is 2.32. The van der Waals surface area contributed by atoms with E-state index in [-0.39, 0.29) is 6.04 Å². The zero-order valence-electron chi connectivity index (χ0n) is 9.58. The van der Waals surface area contributed by atoms with Crippen molar-refractivity contribution >= 4 is 11.6 Å². The van der Waals surface area contributed by atoms with Crippen molar-refractivity contribution in [2.45, 2.75) is 25.8 Å². The third-order valence-corrected chi connectivity index (χ3v) is 2.43. The average Bonchev–Trinajstić information content (AvgIpc) is 2.26. The topological polar surface area (TPSA) is 35.2 Å². The minimum absolute atomic E-state index is 0.207. The minimum atomic E-state index is 0.207. The van der Waals surface area contributed by atoms with Crippen LogP contribution in [0.5, 0.6) is 5.75 Å².